The van der Waals surface area contributed by atoms with Crippen LogP contribution in [-0.2, 0) is 6.42 Å². The van der Waals surface area contributed by atoms with E-state index in [0.717, 1.165) is 39.4 Å². The summed E-state index contributed by atoms with van der Waals surface area (Å²) >= 11 is 0. The second-order valence-corrected chi connectivity index (χ2v) is 5.77. The smallest absolute Gasteiger partial charge is 0.285 e. The van der Waals surface area contributed by atoms with Crippen molar-refractivity contribution in [1.29, 1.82) is 0 Å². The van der Waals surface area contributed by atoms with Gasteiger partial charge in [-0.05, 0) is 35.7 Å². The fourth-order valence-electron chi connectivity index (χ4n) is 3.05. The molecule has 0 aliphatic carbocycles. The molecule has 7 nitrogen and oxygen atoms in total. The van der Waals surface area contributed by atoms with Gasteiger partial charge in [-0.1, -0.05) is 25.1 Å². The van der Waals surface area contributed by atoms with Crippen molar-refractivity contribution in [3.63, 3.8) is 0 Å². The lowest BCUT2D eigenvalue weighted by Gasteiger charge is -2.12. The number of amides is 1. The Morgan fingerprint density at radius 1 is 1.16 bits per heavy atom. The van der Waals surface area contributed by atoms with Crippen molar-refractivity contribution < 1.29 is 4.79 Å². The van der Waals surface area contributed by atoms with Gasteiger partial charge in [0.1, 0.15) is 5.52 Å². The zero-order chi connectivity index (χ0) is 17.4. The Labute approximate surface area is 143 Å². The fraction of sp³-hybridized carbons (Fsp3) is 0.111. The Morgan fingerprint density at radius 3 is 2.84 bits per heavy atom. The first-order valence-electron chi connectivity index (χ1n) is 7.95. The number of benzene rings is 2. The van der Waals surface area contributed by atoms with E-state index in [1.54, 1.807) is 12.3 Å². The number of hydrogen-bond acceptors (Lipinski definition) is 5. The second kappa shape index (κ2) is 5.95. The van der Waals surface area contributed by atoms with Crippen LogP contribution in [0.15, 0.2) is 42.6 Å². The average Bonchev–Trinajstić information content (AvgIpc) is 3.13. The lowest BCUT2D eigenvalue weighted by atomic mass is 9.94. The predicted molar refractivity (Wildman–Crippen MR) is 95.7 cm³/mol. The summed E-state index contributed by atoms with van der Waals surface area (Å²) in [6, 6.07) is 11.8. The standard InChI is InChI=1S/C18H16N6O/c1-2-10-3-4-12-8-15(18(25)21-19)23-24-17(12)16(10)11-5-6-14-13(7-11)9-20-22-14/h3-9H,2,19H2,1H3,(H,20,22)(H,21,25). The average molecular weight is 332 g/mol. The third-order valence-corrected chi connectivity index (χ3v) is 4.32. The number of hydrogen-bond donors (Lipinski definition) is 3. The van der Waals surface area contributed by atoms with Crippen molar-refractivity contribution in [2.45, 2.75) is 13.3 Å². The number of H-pyrrole nitrogens is 1. The molecule has 0 saturated heterocycles. The number of aromatic nitrogens is 4. The Hall–Kier alpha value is -3.32. The summed E-state index contributed by atoms with van der Waals surface area (Å²) in [6.07, 6.45) is 2.66. The van der Waals surface area contributed by atoms with Crippen LogP contribution in [-0.4, -0.2) is 26.3 Å². The molecule has 4 aromatic rings. The maximum absolute atomic E-state index is 11.7. The molecule has 0 atom stereocenters. The van der Waals surface area contributed by atoms with E-state index in [1.807, 2.05) is 18.2 Å². The normalized spacial score (nSPS) is 11.1. The van der Waals surface area contributed by atoms with E-state index in [9.17, 15) is 4.79 Å². The summed E-state index contributed by atoms with van der Waals surface area (Å²) in [5.41, 5.74) is 7.25. The predicted octanol–water partition coefficient (Wildman–Crippen LogP) is 2.34. The summed E-state index contributed by atoms with van der Waals surface area (Å²) in [6.45, 7) is 2.10. The first-order valence-corrected chi connectivity index (χ1v) is 7.95. The van der Waals surface area contributed by atoms with Gasteiger partial charge in [0, 0.05) is 16.3 Å². The molecule has 2 heterocycles. The van der Waals surface area contributed by atoms with Crippen molar-refractivity contribution in [2.24, 2.45) is 5.84 Å². The minimum Gasteiger partial charge on any atom is -0.289 e. The molecule has 124 valence electrons. The minimum absolute atomic E-state index is 0.190. The highest BCUT2D eigenvalue weighted by Gasteiger charge is 2.14. The van der Waals surface area contributed by atoms with Crippen LogP contribution in [0.25, 0.3) is 32.9 Å². The van der Waals surface area contributed by atoms with Gasteiger partial charge in [0.2, 0.25) is 0 Å². The molecule has 0 saturated carbocycles. The third kappa shape index (κ3) is 2.50. The second-order valence-electron chi connectivity index (χ2n) is 5.77. The molecule has 0 spiro atoms. The number of aromatic amines is 1. The Bertz CT molecular complexity index is 1100. The molecular weight excluding hydrogens is 316 g/mol. The van der Waals surface area contributed by atoms with E-state index in [2.05, 4.69) is 44.9 Å². The van der Waals surface area contributed by atoms with Gasteiger partial charge >= 0.3 is 0 Å². The van der Waals surface area contributed by atoms with E-state index in [1.165, 1.54) is 5.56 Å². The van der Waals surface area contributed by atoms with Crippen LogP contribution in [0.2, 0.25) is 0 Å². The molecule has 2 aromatic carbocycles. The van der Waals surface area contributed by atoms with Crippen LogP contribution in [0.1, 0.15) is 23.0 Å². The number of aryl methyl sites for hydroxylation is 1. The number of fused-ring (bicyclic) bond motifs is 2. The first-order chi connectivity index (χ1) is 12.2. The number of nitrogen functional groups attached to an aromatic ring is 1. The van der Waals surface area contributed by atoms with Crippen LogP contribution in [0, 0.1) is 0 Å². The largest absolute Gasteiger partial charge is 0.289 e. The summed E-state index contributed by atoms with van der Waals surface area (Å²) in [7, 11) is 0. The zero-order valence-electron chi connectivity index (χ0n) is 13.6. The van der Waals surface area contributed by atoms with Crippen molar-refractivity contribution >= 4 is 27.7 Å². The van der Waals surface area contributed by atoms with Crippen LogP contribution >= 0.6 is 0 Å². The quantitative estimate of drug-likeness (QED) is 0.303. The summed E-state index contributed by atoms with van der Waals surface area (Å²) in [5, 5.41) is 17.2. The SMILES string of the molecule is CCc1ccc2cc(C(=O)NN)nnc2c1-c1ccc2[nH]ncc2c1. The van der Waals surface area contributed by atoms with Crippen molar-refractivity contribution in [2.75, 3.05) is 0 Å². The minimum atomic E-state index is -0.463. The molecule has 4 N–H and O–H groups in total. The Balaban J connectivity index is 1.98. The van der Waals surface area contributed by atoms with Gasteiger partial charge in [0.05, 0.1) is 11.7 Å². The Morgan fingerprint density at radius 2 is 2.04 bits per heavy atom. The van der Waals surface area contributed by atoms with Crippen LogP contribution in [0.4, 0.5) is 0 Å². The maximum atomic E-state index is 11.7. The zero-order valence-corrected chi connectivity index (χ0v) is 13.6. The highest BCUT2D eigenvalue weighted by atomic mass is 16.2. The van der Waals surface area contributed by atoms with Gasteiger partial charge in [-0.15, -0.1) is 10.2 Å². The molecular formula is C18H16N6O. The summed E-state index contributed by atoms with van der Waals surface area (Å²) in [5.74, 6) is 4.72. The number of rotatable bonds is 3. The van der Waals surface area contributed by atoms with E-state index in [-0.39, 0.29) is 5.69 Å². The molecule has 7 heteroatoms. The topological polar surface area (TPSA) is 110 Å². The van der Waals surface area contributed by atoms with E-state index >= 15 is 0 Å². The molecule has 0 aliphatic heterocycles. The molecule has 0 fully saturated rings. The molecule has 0 aliphatic rings. The maximum Gasteiger partial charge on any atom is 0.285 e. The third-order valence-electron chi connectivity index (χ3n) is 4.32. The van der Waals surface area contributed by atoms with Crippen molar-refractivity contribution in [3.8, 4) is 11.1 Å². The number of nitrogens with two attached hydrogens (primary N) is 1. The number of carbonyl (C=O) groups is 1. The van der Waals surface area contributed by atoms with Gasteiger partial charge in [0.25, 0.3) is 5.91 Å². The van der Waals surface area contributed by atoms with Gasteiger partial charge in [0.15, 0.2) is 5.69 Å². The molecule has 0 bridgehead atoms. The highest BCUT2D eigenvalue weighted by molar-refractivity contribution is 6.00. The van der Waals surface area contributed by atoms with Crippen LogP contribution < -0.4 is 11.3 Å². The Kier molecular flexibility index (Phi) is 3.62. The number of nitrogens with one attached hydrogen (secondary N) is 2. The van der Waals surface area contributed by atoms with Gasteiger partial charge in [-0.25, -0.2) is 5.84 Å². The van der Waals surface area contributed by atoms with E-state index < -0.39 is 5.91 Å². The van der Waals surface area contributed by atoms with Crippen molar-refractivity contribution in [3.05, 3.63) is 53.9 Å². The summed E-state index contributed by atoms with van der Waals surface area (Å²) in [4.78, 5) is 11.7. The number of nitrogens with zero attached hydrogens (tertiary/aromatic N) is 3. The van der Waals surface area contributed by atoms with Crippen LogP contribution in [0.3, 0.4) is 0 Å². The van der Waals surface area contributed by atoms with Crippen LogP contribution in [0.5, 0.6) is 0 Å². The fourth-order valence-corrected chi connectivity index (χ4v) is 3.05. The monoisotopic (exact) mass is 332 g/mol. The van der Waals surface area contributed by atoms with Crippen molar-refractivity contribution in [1.82, 2.24) is 25.8 Å². The number of hydrazine groups is 1. The molecule has 4 rings (SSSR count). The summed E-state index contributed by atoms with van der Waals surface area (Å²) < 4.78 is 0. The van der Waals surface area contributed by atoms with Gasteiger partial charge < -0.3 is 0 Å². The van der Waals surface area contributed by atoms with E-state index in [0.29, 0.717) is 0 Å². The first kappa shape index (κ1) is 15.2. The van der Waals surface area contributed by atoms with E-state index in [4.69, 9.17) is 5.84 Å². The number of carbonyl (C=O) groups excluding carboxylic acids is 1. The molecule has 1 amide bonds. The lowest BCUT2D eigenvalue weighted by molar-refractivity contribution is 0.0948. The molecule has 0 unspecified atom stereocenters. The van der Waals surface area contributed by atoms with Gasteiger partial charge in [-0.3, -0.25) is 15.3 Å². The molecule has 2 aromatic heterocycles. The van der Waals surface area contributed by atoms with Gasteiger partial charge in [-0.2, -0.15) is 5.10 Å². The molecule has 0 radical (unpaired) electrons. The highest BCUT2D eigenvalue weighted by Crippen LogP contribution is 2.33. The lowest BCUT2D eigenvalue weighted by Crippen LogP contribution is -2.30. The molecule has 25 heavy (non-hydrogen) atoms.